The fourth-order valence-electron chi connectivity index (χ4n) is 5.16. The minimum atomic E-state index is -5.24. The molecule has 0 bridgehead atoms. The van der Waals surface area contributed by atoms with E-state index in [2.05, 4.69) is 9.97 Å². The number of halogens is 6. The summed E-state index contributed by atoms with van der Waals surface area (Å²) in [6.07, 6.45) is -2.17. The van der Waals surface area contributed by atoms with Crippen molar-refractivity contribution in [3.63, 3.8) is 0 Å². The monoisotopic (exact) mass is 663 g/mol. The highest BCUT2D eigenvalue weighted by atomic mass is 35.5. The Morgan fingerprint density at radius 3 is 2.51 bits per heavy atom. The van der Waals surface area contributed by atoms with Crippen LogP contribution in [0.4, 0.5) is 23.5 Å². The Balaban J connectivity index is 1.22. The maximum atomic E-state index is 14.9. The van der Waals surface area contributed by atoms with Gasteiger partial charge >= 0.3 is 18.1 Å². The van der Waals surface area contributed by atoms with Crippen LogP contribution in [0.15, 0.2) is 65.7 Å². The van der Waals surface area contributed by atoms with Crippen LogP contribution in [0.2, 0.25) is 10.2 Å². The van der Waals surface area contributed by atoms with Crippen molar-refractivity contribution in [1.29, 1.82) is 0 Å². The first-order valence-electron chi connectivity index (χ1n) is 13.4. The van der Waals surface area contributed by atoms with Gasteiger partial charge in [0.05, 0.1) is 42.2 Å². The van der Waals surface area contributed by atoms with Gasteiger partial charge in [0.2, 0.25) is 0 Å². The lowest BCUT2D eigenvalue weighted by molar-refractivity contribution is -0.841. The summed E-state index contributed by atoms with van der Waals surface area (Å²) in [5.74, 6) is -3.82. The van der Waals surface area contributed by atoms with E-state index in [0.717, 1.165) is 4.73 Å². The number of benzene rings is 2. The summed E-state index contributed by atoms with van der Waals surface area (Å²) in [7, 11) is 0. The van der Waals surface area contributed by atoms with E-state index in [4.69, 9.17) is 28.0 Å². The standard InChI is InChI=1S/C29H20Cl2F4N6O4/c30-20-13-23-25(42)36-15-18(40(23)24(20)31)11-16-5-6-21(32)19(12-16)26(43)38-7-9-39(10-8-38)28-37-14-17-3-1-2-4-22(17)41(28)45-27(44)29(33,34)35/h1-6,12-15H,7-11H2/p+1. The van der Waals surface area contributed by atoms with Gasteiger partial charge in [-0.3, -0.25) is 23.7 Å². The molecule has 0 atom stereocenters. The number of nitrogens with zero attached hydrogens (tertiary/aromatic N) is 5. The van der Waals surface area contributed by atoms with Crippen LogP contribution >= 0.6 is 23.2 Å². The number of carbonyl (C=O) groups is 2. The van der Waals surface area contributed by atoms with Crippen LogP contribution < -0.4 is 20.0 Å². The fourth-order valence-corrected chi connectivity index (χ4v) is 5.60. The molecule has 6 rings (SSSR count). The zero-order valence-corrected chi connectivity index (χ0v) is 24.5. The molecular formula is C29H21Cl2F4N6O4+. The summed E-state index contributed by atoms with van der Waals surface area (Å²) >= 11 is 12.4. The Labute approximate surface area is 260 Å². The predicted octanol–water partition coefficient (Wildman–Crippen LogP) is 3.98. The van der Waals surface area contributed by atoms with Gasteiger partial charge in [-0.2, -0.15) is 13.2 Å². The number of alkyl halides is 3. The lowest BCUT2D eigenvalue weighted by atomic mass is 10.0. The molecule has 0 saturated carbocycles. The first-order valence-corrected chi connectivity index (χ1v) is 14.2. The second kappa shape index (κ2) is 11.7. The van der Waals surface area contributed by atoms with Crippen LogP contribution in [-0.2, 0) is 11.2 Å². The molecule has 4 heterocycles. The zero-order chi connectivity index (χ0) is 32.0. The van der Waals surface area contributed by atoms with E-state index in [1.54, 1.807) is 23.1 Å². The van der Waals surface area contributed by atoms with Crippen LogP contribution in [0.5, 0.6) is 0 Å². The van der Waals surface area contributed by atoms with Gasteiger partial charge in [-0.1, -0.05) is 46.4 Å². The molecular weight excluding hydrogens is 643 g/mol. The topological polar surface area (TPSA) is 104 Å². The molecule has 1 saturated heterocycles. The molecule has 0 spiro atoms. The molecule has 1 aliphatic rings. The number of piperazine rings is 1. The van der Waals surface area contributed by atoms with Gasteiger partial charge in [-0.05, 0) is 40.6 Å². The van der Waals surface area contributed by atoms with Gasteiger partial charge in [0, 0.05) is 18.3 Å². The van der Waals surface area contributed by atoms with E-state index in [-0.39, 0.29) is 65.3 Å². The average Bonchev–Trinajstić information content (AvgIpc) is 3.33. The molecule has 0 unspecified atom stereocenters. The Bertz CT molecular complexity index is 2040. The van der Waals surface area contributed by atoms with Gasteiger partial charge in [0.1, 0.15) is 22.7 Å². The van der Waals surface area contributed by atoms with E-state index in [1.165, 1.54) is 52.0 Å². The van der Waals surface area contributed by atoms with Gasteiger partial charge in [0.25, 0.3) is 11.5 Å². The maximum absolute atomic E-state index is 14.9. The SMILES string of the molecule is O=C(c1cc(Cc2c[nH]c(=O)c3cc(Cl)c(Cl)n23)ccc1F)N1CCN(c2ncc3ccccc3[n+]2OC(=O)C(F)(F)F)CC1. The van der Waals surface area contributed by atoms with Crippen LogP contribution in [0, 0.1) is 5.82 Å². The molecule has 3 aromatic heterocycles. The van der Waals surface area contributed by atoms with Crippen molar-refractivity contribution in [2.24, 2.45) is 0 Å². The van der Waals surface area contributed by atoms with Gasteiger partial charge < -0.3 is 9.88 Å². The molecule has 1 amide bonds. The van der Waals surface area contributed by atoms with Crippen LogP contribution in [0.1, 0.15) is 21.6 Å². The number of aromatic amines is 1. The van der Waals surface area contributed by atoms with Crippen LogP contribution in [0.3, 0.4) is 0 Å². The van der Waals surface area contributed by atoms with Crippen molar-refractivity contribution in [3.8, 4) is 0 Å². The molecule has 45 heavy (non-hydrogen) atoms. The number of anilines is 1. The summed E-state index contributed by atoms with van der Waals surface area (Å²) in [5.41, 5.74) is 0.929. The van der Waals surface area contributed by atoms with Gasteiger partial charge in [0.15, 0.2) is 5.52 Å². The third-order valence-electron chi connectivity index (χ3n) is 7.35. The molecule has 232 valence electrons. The number of hydrogen-bond donors (Lipinski definition) is 1. The molecule has 1 aliphatic heterocycles. The minimum Gasteiger partial charge on any atom is -0.332 e. The number of rotatable bonds is 5. The van der Waals surface area contributed by atoms with Gasteiger partial charge in [-0.25, -0.2) is 9.18 Å². The highest BCUT2D eigenvalue weighted by Gasteiger charge is 2.44. The highest BCUT2D eigenvalue weighted by Crippen LogP contribution is 2.27. The number of carbonyl (C=O) groups excluding carboxylic acids is 2. The number of amides is 1. The average molecular weight is 664 g/mol. The summed E-state index contributed by atoms with van der Waals surface area (Å²) in [5, 5.41) is 0.760. The second-order valence-electron chi connectivity index (χ2n) is 10.2. The Morgan fingerprint density at radius 2 is 1.78 bits per heavy atom. The summed E-state index contributed by atoms with van der Waals surface area (Å²) in [6, 6.07) is 11.8. The van der Waals surface area contributed by atoms with E-state index < -0.39 is 29.4 Å². The van der Waals surface area contributed by atoms with Gasteiger partial charge in [-0.15, -0.1) is 0 Å². The molecule has 16 heteroatoms. The van der Waals surface area contributed by atoms with E-state index in [0.29, 0.717) is 16.6 Å². The maximum Gasteiger partial charge on any atom is 0.495 e. The van der Waals surface area contributed by atoms with Crippen molar-refractivity contribution in [3.05, 3.63) is 104 Å². The molecule has 2 aromatic carbocycles. The first-order chi connectivity index (χ1) is 21.4. The first kappa shape index (κ1) is 30.3. The second-order valence-corrected chi connectivity index (χ2v) is 10.9. The zero-order valence-electron chi connectivity index (χ0n) is 22.9. The predicted molar refractivity (Wildman–Crippen MR) is 155 cm³/mol. The summed E-state index contributed by atoms with van der Waals surface area (Å²) in [6.45, 7) is 0.346. The number of H-pyrrole nitrogens is 1. The Kier molecular flexibility index (Phi) is 7.87. The molecule has 10 nitrogen and oxygen atoms in total. The minimum absolute atomic E-state index is 0.0671. The molecule has 1 fully saturated rings. The molecule has 0 aliphatic carbocycles. The lowest BCUT2D eigenvalue weighted by Crippen LogP contribution is -2.58. The van der Waals surface area contributed by atoms with Crippen molar-refractivity contribution in [1.82, 2.24) is 19.3 Å². The summed E-state index contributed by atoms with van der Waals surface area (Å²) < 4.78 is 56.4. The van der Waals surface area contributed by atoms with Crippen molar-refractivity contribution in [2.75, 3.05) is 31.1 Å². The smallest absolute Gasteiger partial charge is 0.332 e. The number of fused-ring (bicyclic) bond motifs is 2. The van der Waals surface area contributed by atoms with Crippen molar-refractivity contribution < 1.29 is 36.7 Å². The van der Waals surface area contributed by atoms with E-state index >= 15 is 0 Å². The number of hydrogen-bond acceptors (Lipinski definition) is 6. The van der Waals surface area contributed by atoms with Crippen molar-refractivity contribution >= 4 is 57.4 Å². The van der Waals surface area contributed by atoms with E-state index in [1.807, 2.05) is 0 Å². The third-order valence-corrected chi connectivity index (χ3v) is 8.10. The number of nitrogens with one attached hydrogen (secondary N) is 1. The molecule has 5 aromatic rings. The summed E-state index contributed by atoms with van der Waals surface area (Å²) in [4.78, 5) is 52.0. The third kappa shape index (κ3) is 5.78. The van der Waals surface area contributed by atoms with Crippen LogP contribution in [0.25, 0.3) is 16.4 Å². The quantitative estimate of drug-likeness (QED) is 0.225. The molecule has 0 radical (unpaired) electrons. The highest BCUT2D eigenvalue weighted by molar-refractivity contribution is 6.42. The van der Waals surface area contributed by atoms with Crippen LogP contribution in [-0.4, -0.2) is 63.5 Å². The fraction of sp³-hybridized carbons (Fsp3) is 0.207. The van der Waals surface area contributed by atoms with E-state index in [9.17, 15) is 31.9 Å². The molecule has 1 N–H and O–H groups in total. The Hall–Kier alpha value is -4.69. The Morgan fingerprint density at radius 1 is 1.04 bits per heavy atom. The van der Waals surface area contributed by atoms with Crippen molar-refractivity contribution in [2.45, 2.75) is 12.6 Å². The largest absolute Gasteiger partial charge is 0.495 e. The number of aromatic nitrogens is 4. The normalized spacial score (nSPS) is 13.9. The lowest BCUT2D eigenvalue weighted by Gasteiger charge is -2.31. The number of para-hydroxylation sites is 1.